The van der Waals surface area contributed by atoms with Gasteiger partial charge in [0.05, 0.1) is 12.0 Å². The monoisotopic (exact) mass is 330 g/mol. The smallest absolute Gasteiger partial charge is 0.229 e. The summed E-state index contributed by atoms with van der Waals surface area (Å²) in [6.45, 7) is 4.60. The fraction of sp³-hybridized carbons (Fsp3) is 0.615. The van der Waals surface area contributed by atoms with Gasteiger partial charge in [-0.05, 0) is 48.3 Å². The van der Waals surface area contributed by atoms with Crippen LogP contribution in [0.2, 0.25) is 0 Å². The number of carbonyl (C=O) groups excluding carboxylic acids is 1. The third kappa shape index (κ3) is 3.13. The van der Waals surface area contributed by atoms with Crippen molar-refractivity contribution in [1.82, 2.24) is 10.2 Å². The summed E-state index contributed by atoms with van der Waals surface area (Å²) in [5, 5.41) is 5.38. The molecule has 1 atom stereocenters. The summed E-state index contributed by atoms with van der Waals surface area (Å²) in [6.07, 6.45) is 2.07. The van der Waals surface area contributed by atoms with Gasteiger partial charge in [0, 0.05) is 28.3 Å². The largest absolute Gasteiger partial charge is 0.340 e. The van der Waals surface area contributed by atoms with Gasteiger partial charge >= 0.3 is 0 Å². The fourth-order valence-electron chi connectivity index (χ4n) is 2.44. The van der Waals surface area contributed by atoms with Crippen LogP contribution in [0.25, 0.3) is 0 Å². The number of hydrogen-bond donors (Lipinski definition) is 1. The molecule has 2 rings (SSSR count). The maximum Gasteiger partial charge on any atom is 0.229 e. The Kier molecular flexibility index (Phi) is 4.45. The minimum absolute atomic E-state index is 0.235. The van der Waals surface area contributed by atoms with Crippen LogP contribution >= 0.6 is 27.3 Å². The molecule has 0 aromatic carbocycles. The normalized spacial score (nSPS) is 23.9. The van der Waals surface area contributed by atoms with E-state index in [9.17, 15) is 4.79 Å². The highest BCUT2D eigenvalue weighted by molar-refractivity contribution is 9.10. The highest BCUT2D eigenvalue weighted by Crippen LogP contribution is 2.29. The number of halogens is 1. The summed E-state index contributed by atoms with van der Waals surface area (Å²) in [5.74, 6) is 0.249. The summed E-state index contributed by atoms with van der Waals surface area (Å²) < 4.78 is 1.09. The summed E-state index contributed by atoms with van der Waals surface area (Å²) in [4.78, 5) is 15.6. The van der Waals surface area contributed by atoms with E-state index < -0.39 is 0 Å². The molecule has 100 valence electrons. The number of amides is 1. The van der Waals surface area contributed by atoms with Crippen LogP contribution in [-0.4, -0.2) is 30.9 Å². The number of nitrogens with one attached hydrogen (secondary N) is 1. The standard InChI is InChI=1S/C13H19BrN2OS/c1-13(4-3-5-15-9-13)12(17)16(2)7-11-6-10(14)8-18-11/h6,8,15H,3-5,7,9H2,1-2H3. The third-order valence-corrected chi connectivity index (χ3v) is 5.16. The van der Waals surface area contributed by atoms with Gasteiger partial charge in [0.2, 0.25) is 5.91 Å². The maximum atomic E-state index is 12.5. The molecule has 3 nitrogen and oxygen atoms in total. The lowest BCUT2D eigenvalue weighted by Gasteiger charge is -2.35. The Bertz CT molecular complexity index is 426. The van der Waals surface area contributed by atoms with Gasteiger partial charge in [0.1, 0.15) is 0 Å². The predicted octanol–water partition coefficient (Wildman–Crippen LogP) is 2.86. The van der Waals surface area contributed by atoms with E-state index in [0.717, 1.165) is 30.4 Å². The van der Waals surface area contributed by atoms with Crippen LogP contribution < -0.4 is 5.32 Å². The van der Waals surface area contributed by atoms with Crippen LogP contribution in [0.4, 0.5) is 0 Å². The van der Waals surface area contributed by atoms with Gasteiger partial charge in [0.25, 0.3) is 0 Å². The highest BCUT2D eigenvalue weighted by Gasteiger charge is 2.36. The van der Waals surface area contributed by atoms with Crippen molar-refractivity contribution in [3.8, 4) is 0 Å². The second-order valence-electron chi connectivity index (χ2n) is 5.23. The molecule has 5 heteroatoms. The van der Waals surface area contributed by atoms with E-state index in [-0.39, 0.29) is 11.3 Å². The van der Waals surface area contributed by atoms with Crippen molar-refractivity contribution < 1.29 is 4.79 Å². The van der Waals surface area contributed by atoms with E-state index in [1.54, 1.807) is 11.3 Å². The topological polar surface area (TPSA) is 32.3 Å². The zero-order valence-corrected chi connectivity index (χ0v) is 13.2. The molecule has 1 unspecified atom stereocenters. The van der Waals surface area contributed by atoms with Crippen molar-refractivity contribution in [3.63, 3.8) is 0 Å². The first-order valence-corrected chi connectivity index (χ1v) is 7.88. The van der Waals surface area contributed by atoms with Crippen molar-refractivity contribution in [1.29, 1.82) is 0 Å². The molecule has 1 aromatic heterocycles. The molecule has 1 saturated heterocycles. The average molecular weight is 331 g/mol. The second kappa shape index (κ2) is 5.72. The van der Waals surface area contributed by atoms with Gasteiger partial charge in [-0.15, -0.1) is 11.3 Å². The Balaban J connectivity index is 1.99. The Labute approximate surface area is 121 Å². The quantitative estimate of drug-likeness (QED) is 0.924. The molecule has 0 aliphatic carbocycles. The maximum absolute atomic E-state index is 12.5. The van der Waals surface area contributed by atoms with Crippen LogP contribution in [0.3, 0.4) is 0 Å². The minimum atomic E-state index is -0.235. The van der Waals surface area contributed by atoms with E-state index in [2.05, 4.69) is 39.6 Å². The van der Waals surface area contributed by atoms with Gasteiger partial charge in [-0.25, -0.2) is 0 Å². The van der Waals surface area contributed by atoms with Crippen LogP contribution in [0.15, 0.2) is 15.9 Å². The first-order chi connectivity index (χ1) is 8.51. The highest BCUT2D eigenvalue weighted by atomic mass is 79.9. The van der Waals surface area contributed by atoms with Gasteiger partial charge in [-0.3, -0.25) is 4.79 Å². The lowest BCUT2D eigenvalue weighted by molar-refractivity contribution is -0.141. The van der Waals surface area contributed by atoms with Crippen molar-refractivity contribution in [2.24, 2.45) is 5.41 Å². The molecule has 0 radical (unpaired) electrons. The molecule has 0 spiro atoms. The zero-order valence-electron chi connectivity index (χ0n) is 10.8. The van der Waals surface area contributed by atoms with Crippen molar-refractivity contribution >= 4 is 33.2 Å². The molecule has 1 aliphatic heterocycles. The van der Waals surface area contributed by atoms with E-state index in [1.807, 2.05) is 11.9 Å². The van der Waals surface area contributed by atoms with E-state index in [4.69, 9.17) is 0 Å². The molecule has 1 amide bonds. The van der Waals surface area contributed by atoms with E-state index in [1.165, 1.54) is 4.88 Å². The molecule has 0 saturated carbocycles. The second-order valence-corrected chi connectivity index (χ2v) is 7.14. The average Bonchev–Trinajstić information content (AvgIpc) is 2.74. The number of nitrogens with zero attached hydrogens (tertiary/aromatic N) is 1. The predicted molar refractivity (Wildman–Crippen MR) is 78.7 cm³/mol. The number of hydrogen-bond acceptors (Lipinski definition) is 3. The van der Waals surface area contributed by atoms with Crippen molar-refractivity contribution in [2.45, 2.75) is 26.3 Å². The summed E-state index contributed by atoms with van der Waals surface area (Å²) in [6, 6.07) is 2.08. The van der Waals surface area contributed by atoms with Gasteiger partial charge in [-0.2, -0.15) is 0 Å². The van der Waals surface area contributed by atoms with Gasteiger partial charge in [-0.1, -0.05) is 0 Å². The first kappa shape index (κ1) is 14.0. The molecular weight excluding hydrogens is 312 g/mol. The Hall–Kier alpha value is -0.390. The summed E-state index contributed by atoms with van der Waals surface area (Å²) in [7, 11) is 1.90. The number of carbonyl (C=O) groups is 1. The Morgan fingerprint density at radius 3 is 3.00 bits per heavy atom. The summed E-state index contributed by atoms with van der Waals surface area (Å²) in [5.41, 5.74) is -0.235. The number of thiophene rings is 1. The molecular formula is C13H19BrN2OS. The summed E-state index contributed by atoms with van der Waals surface area (Å²) >= 11 is 5.13. The molecule has 2 heterocycles. The van der Waals surface area contributed by atoms with Crippen molar-refractivity contribution in [2.75, 3.05) is 20.1 Å². The molecule has 0 bridgehead atoms. The van der Waals surface area contributed by atoms with Crippen LogP contribution in [0.1, 0.15) is 24.6 Å². The Morgan fingerprint density at radius 2 is 2.44 bits per heavy atom. The minimum Gasteiger partial charge on any atom is -0.340 e. The fourth-order valence-corrected chi connectivity index (χ4v) is 3.95. The third-order valence-electron chi connectivity index (χ3n) is 3.48. The number of piperidine rings is 1. The number of rotatable bonds is 3. The van der Waals surface area contributed by atoms with E-state index in [0.29, 0.717) is 6.54 Å². The van der Waals surface area contributed by atoms with Crippen LogP contribution in [-0.2, 0) is 11.3 Å². The molecule has 18 heavy (non-hydrogen) atoms. The molecule has 1 aromatic rings. The lowest BCUT2D eigenvalue weighted by Crippen LogP contribution is -2.48. The van der Waals surface area contributed by atoms with Crippen LogP contribution in [0, 0.1) is 5.41 Å². The van der Waals surface area contributed by atoms with E-state index >= 15 is 0 Å². The molecule has 1 aliphatic rings. The molecule has 1 fully saturated rings. The SMILES string of the molecule is CN(Cc1cc(Br)cs1)C(=O)C1(C)CCCNC1. The van der Waals surface area contributed by atoms with Gasteiger partial charge < -0.3 is 10.2 Å². The van der Waals surface area contributed by atoms with Gasteiger partial charge in [0.15, 0.2) is 0 Å². The molecule has 1 N–H and O–H groups in total. The first-order valence-electron chi connectivity index (χ1n) is 6.20. The van der Waals surface area contributed by atoms with Crippen molar-refractivity contribution in [3.05, 3.63) is 20.8 Å². The zero-order chi connectivity index (χ0) is 13.2. The van der Waals surface area contributed by atoms with Crippen LogP contribution in [0.5, 0.6) is 0 Å². The lowest BCUT2D eigenvalue weighted by atomic mass is 9.81. The Morgan fingerprint density at radius 1 is 1.67 bits per heavy atom.